The van der Waals surface area contributed by atoms with Crippen molar-refractivity contribution in [2.24, 2.45) is 0 Å². The van der Waals surface area contributed by atoms with Crippen molar-refractivity contribution in [3.05, 3.63) is 76.5 Å². The number of pyridine rings is 1. The minimum absolute atomic E-state index is 0.0112. The maximum absolute atomic E-state index is 12.8. The summed E-state index contributed by atoms with van der Waals surface area (Å²) < 4.78 is 53.4. The lowest BCUT2D eigenvalue weighted by molar-refractivity contribution is 0.197. The van der Waals surface area contributed by atoms with Gasteiger partial charge in [0.25, 0.3) is 5.88 Å². The number of hydrogen-bond acceptors (Lipinski definition) is 11. The van der Waals surface area contributed by atoms with Gasteiger partial charge in [-0.1, -0.05) is 17.7 Å². The zero-order valence-electron chi connectivity index (χ0n) is 20.2. The quantitative estimate of drug-likeness (QED) is 0.205. The van der Waals surface area contributed by atoms with E-state index in [0.29, 0.717) is 15.9 Å². The number of hydrogen-bond donors (Lipinski definition) is 2. The molecule has 1 aromatic carbocycles. The Kier molecular flexibility index (Phi) is 9.64. The van der Waals surface area contributed by atoms with Gasteiger partial charge in [0, 0.05) is 24.7 Å². The topological polar surface area (TPSA) is 160 Å². The highest BCUT2D eigenvalue weighted by atomic mass is 79.9. The van der Waals surface area contributed by atoms with E-state index in [1.165, 1.54) is 25.6 Å². The number of nitrogens with one attached hydrogen (secondary N) is 2. The van der Waals surface area contributed by atoms with Gasteiger partial charge in [-0.3, -0.25) is 9.71 Å². The van der Waals surface area contributed by atoms with Crippen LogP contribution in [-0.2, 0) is 16.8 Å². The first-order chi connectivity index (χ1) is 18.8. The predicted molar refractivity (Wildman–Crippen MR) is 144 cm³/mol. The Labute approximate surface area is 237 Å². The number of methoxy groups -OCH3 is 1. The molecule has 16 heteroatoms. The number of halogens is 2. The molecule has 0 saturated carbocycles. The summed E-state index contributed by atoms with van der Waals surface area (Å²) >= 11 is 9.56. The molecule has 4 rings (SSSR count). The van der Waals surface area contributed by atoms with Gasteiger partial charge in [0.05, 0.1) is 28.8 Å². The predicted octanol–water partition coefficient (Wildman–Crippen LogP) is 3.78. The summed E-state index contributed by atoms with van der Waals surface area (Å²) in [7, 11) is -2.64. The van der Waals surface area contributed by atoms with E-state index in [1.54, 1.807) is 36.5 Å². The molecular formula is C23H21BrClN7O6S. The van der Waals surface area contributed by atoms with Crippen LogP contribution in [0.15, 0.2) is 65.8 Å². The fourth-order valence-corrected chi connectivity index (χ4v) is 4.08. The lowest BCUT2D eigenvalue weighted by Gasteiger charge is -2.16. The third-order valence-electron chi connectivity index (χ3n) is 4.67. The number of benzene rings is 1. The standard InChI is InChI=1S/C23H21BrClN7O6S/c1-35-17-5-6-18(25)19(10-17)38-20-21(32-39(33,34)31-13-16-4-2-3-7-26-16)29-14-30-22(20)36-8-9-37-23-27-11-15(24)12-28-23/h2-7,10-12,14,31H,8-9,13H2,1H3,(H,29,30,32). The fraction of sp³-hybridized carbons (Fsp3) is 0.174. The van der Waals surface area contributed by atoms with Crippen LogP contribution in [0, 0.1) is 0 Å². The van der Waals surface area contributed by atoms with Crippen molar-refractivity contribution in [2.75, 3.05) is 25.0 Å². The minimum Gasteiger partial charge on any atom is -0.497 e. The maximum Gasteiger partial charge on any atom is 0.316 e. The fourth-order valence-electron chi connectivity index (χ4n) is 2.91. The summed E-state index contributed by atoms with van der Waals surface area (Å²) in [6.07, 6.45) is 5.75. The van der Waals surface area contributed by atoms with Crippen molar-refractivity contribution in [3.63, 3.8) is 0 Å². The molecule has 0 atom stereocenters. The molecule has 0 bridgehead atoms. The van der Waals surface area contributed by atoms with Gasteiger partial charge in [-0.15, -0.1) is 0 Å². The van der Waals surface area contributed by atoms with E-state index in [1.807, 2.05) is 0 Å². The third kappa shape index (κ3) is 8.35. The van der Waals surface area contributed by atoms with E-state index in [9.17, 15) is 8.42 Å². The lowest BCUT2D eigenvalue weighted by Crippen LogP contribution is -2.30. The summed E-state index contributed by atoms with van der Waals surface area (Å²) in [4.78, 5) is 20.3. The Bertz CT molecular complexity index is 1500. The molecule has 0 unspecified atom stereocenters. The molecule has 204 valence electrons. The Morgan fingerprint density at radius 2 is 1.79 bits per heavy atom. The molecular weight excluding hydrogens is 618 g/mol. The molecule has 0 aliphatic carbocycles. The first-order valence-electron chi connectivity index (χ1n) is 11.1. The smallest absolute Gasteiger partial charge is 0.316 e. The number of aromatic nitrogens is 5. The van der Waals surface area contributed by atoms with E-state index in [2.05, 4.69) is 50.3 Å². The molecule has 0 amide bonds. The summed E-state index contributed by atoms with van der Waals surface area (Å²) in [5.41, 5.74) is 0.518. The maximum atomic E-state index is 12.8. The van der Waals surface area contributed by atoms with Crippen molar-refractivity contribution in [1.29, 1.82) is 0 Å². The van der Waals surface area contributed by atoms with Crippen LogP contribution in [0.5, 0.6) is 29.1 Å². The largest absolute Gasteiger partial charge is 0.497 e. The monoisotopic (exact) mass is 637 g/mol. The first-order valence-corrected chi connectivity index (χ1v) is 13.8. The van der Waals surface area contributed by atoms with Crippen molar-refractivity contribution in [1.82, 2.24) is 29.6 Å². The van der Waals surface area contributed by atoms with Crippen molar-refractivity contribution >= 4 is 43.6 Å². The Balaban J connectivity index is 1.54. The van der Waals surface area contributed by atoms with Gasteiger partial charge in [-0.25, -0.2) is 15.0 Å². The van der Waals surface area contributed by atoms with Crippen LogP contribution in [0.2, 0.25) is 5.02 Å². The number of anilines is 1. The van der Waals surface area contributed by atoms with E-state index in [0.717, 1.165) is 6.33 Å². The highest BCUT2D eigenvalue weighted by Crippen LogP contribution is 2.40. The van der Waals surface area contributed by atoms with Crippen LogP contribution < -0.4 is 28.4 Å². The molecule has 3 heterocycles. The van der Waals surface area contributed by atoms with Crippen molar-refractivity contribution in [2.45, 2.75) is 6.54 Å². The van der Waals surface area contributed by atoms with Gasteiger partial charge in [-0.2, -0.15) is 18.1 Å². The molecule has 4 aromatic rings. The zero-order valence-corrected chi connectivity index (χ0v) is 23.4. The van der Waals surface area contributed by atoms with Gasteiger partial charge in [0.1, 0.15) is 31.0 Å². The van der Waals surface area contributed by atoms with E-state index in [4.69, 9.17) is 30.5 Å². The number of ether oxygens (including phenoxy) is 4. The van der Waals surface area contributed by atoms with Gasteiger partial charge in [0.2, 0.25) is 5.75 Å². The Morgan fingerprint density at radius 1 is 1.00 bits per heavy atom. The molecule has 0 saturated heterocycles. The number of rotatable bonds is 13. The Morgan fingerprint density at radius 3 is 2.54 bits per heavy atom. The average molecular weight is 639 g/mol. The molecule has 0 aliphatic rings. The second-order valence-corrected chi connectivity index (χ2v) is 10.2. The van der Waals surface area contributed by atoms with E-state index >= 15 is 0 Å². The average Bonchev–Trinajstić information content (AvgIpc) is 2.94. The molecule has 0 radical (unpaired) electrons. The third-order valence-corrected chi connectivity index (χ3v) is 6.38. The van der Waals surface area contributed by atoms with Crippen LogP contribution in [0.4, 0.5) is 5.82 Å². The lowest BCUT2D eigenvalue weighted by atomic mass is 10.3. The minimum atomic E-state index is -4.12. The van der Waals surface area contributed by atoms with Crippen LogP contribution >= 0.6 is 27.5 Å². The molecule has 39 heavy (non-hydrogen) atoms. The van der Waals surface area contributed by atoms with Gasteiger partial charge in [0.15, 0.2) is 5.82 Å². The van der Waals surface area contributed by atoms with Crippen molar-refractivity contribution < 1.29 is 27.4 Å². The van der Waals surface area contributed by atoms with Gasteiger partial charge >= 0.3 is 16.2 Å². The number of nitrogens with zero attached hydrogens (tertiary/aromatic N) is 5. The summed E-state index contributed by atoms with van der Waals surface area (Å²) in [6, 6.07) is 10.0. The summed E-state index contributed by atoms with van der Waals surface area (Å²) in [5, 5.41) is 0.225. The molecule has 0 fully saturated rings. The normalized spacial score (nSPS) is 11.1. The highest BCUT2D eigenvalue weighted by molar-refractivity contribution is 9.10. The second kappa shape index (κ2) is 13.3. The molecule has 0 aliphatic heterocycles. The van der Waals surface area contributed by atoms with Crippen LogP contribution in [0.3, 0.4) is 0 Å². The molecule has 2 N–H and O–H groups in total. The Hall–Kier alpha value is -3.79. The van der Waals surface area contributed by atoms with Crippen LogP contribution in [-0.4, -0.2) is 53.7 Å². The first kappa shape index (κ1) is 28.2. The summed E-state index contributed by atoms with van der Waals surface area (Å²) in [5.74, 6) is 0.180. The van der Waals surface area contributed by atoms with E-state index < -0.39 is 10.2 Å². The SMILES string of the molecule is COc1ccc(Cl)c(Oc2c(NS(=O)(=O)NCc3ccccn3)ncnc2OCCOc2ncc(Br)cn2)c1. The van der Waals surface area contributed by atoms with Crippen LogP contribution in [0.1, 0.15) is 5.69 Å². The second-order valence-electron chi connectivity index (χ2n) is 7.38. The molecule has 3 aromatic heterocycles. The molecule has 0 spiro atoms. The zero-order chi connectivity index (χ0) is 27.7. The molecule has 13 nitrogen and oxygen atoms in total. The van der Waals surface area contributed by atoms with Crippen molar-refractivity contribution in [3.8, 4) is 29.1 Å². The van der Waals surface area contributed by atoms with E-state index in [-0.39, 0.29) is 54.0 Å². The van der Waals surface area contributed by atoms with Gasteiger partial charge < -0.3 is 18.9 Å². The summed E-state index contributed by atoms with van der Waals surface area (Å²) in [6.45, 7) is -0.0155. The highest BCUT2D eigenvalue weighted by Gasteiger charge is 2.22. The van der Waals surface area contributed by atoms with Crippen LogP contribution in [0.25, 0.3) is 0 Å². The van der Waals surface area contributed by atoms with Gasteiger partial charge in [-0.05, 0) is 40.2 Å².